The van der Waals surface area contributed by atoms with Crippen LogP contribution in [0, 0.1) is 9.77 Å². The Morgan fingerprint density at radius 2 is 2.60 bits per heavy atom. The molecule has 1 heterocycles. The van der Waals surface area contributed by atoms with Crippen molar-refractivity contribution in [3.8, 4) is 0 Å². The van der Waals surface area contributed by atoms with Crippen molar-refractivity contribution in [3.05, 3.63) is 16.0 Å². The molecule has 0 aliphatic carbocycles. The normalized spacial score (nSPS) is 13.5. The molecule has 0 bridgehead atoms. The molecule has 0 aromatic carbocycles. The molecule has 55 valence electrons. The second-order valence-corrected chi connectivity index (χ2v) is 3.47. The van der Waals surface area contributed by atoms with Crippen LogP contribution in [0.3, 0.4) is 0 Å². The Labute approximate surface area is 74.8 Å². The fraction of sp³-hybridized carbons (Fsp3) is 0.571. The molecular formula is C7H10IN2. The smallest absolute Gasteiger partial charge is 0.101 e. The van der Waals surface area contributed by atoms with Gasteiger partial charge in [0.2, 0.25) is 0 Å². The number of rotatable bonds is 2. The maximum Gasteiger partial charge on any atom is 0.101 e. The molecule has 0 amide bonds. The highest BCUT2D eigenvalue weighted by molar-refractivity contribution is 14.1. The van der Waals surface area contributed by atoms with Gasteiger partial charge >= 0.3 is 0 Å². The van der Waals surface area contributed by atoms with E-state index in [1.165, 1.54) is 0 Å². The van der Waals surface area contributed by atoms with Crippen molar-refractivity contribution in [2.75, 3.05) is 0 Å². The van der Waals surface area contributed by atoms with Crippen LogP contribution in [0.5, 0.6) is 0 Å². The van der Waals surface area contributed by atoms with Crippen LogP contribution in [0.1, 0.15) is 26.3 Å². The lowest BCUT2D eigenvalue weighted by Crippen LogP contribution is -2.03. The van der Waals surface area contributed by atoms with Gasteiger partial charge < -0.3 is 0 Å². The lowest BCUT2D eigenvalue weighted by atomic mass is 10.3. The summed E-state index contributed by atoms with van der Waals surface area (Å²) in [5, 5.41) is 4.14. The van der Waals surface area contributed by atoms with Gasteiger partial charge in [0.15, 0.2) is 0 Å². The number of nitrogens with zero attached hydrogens (tertiary/aromatic N) is 2. The van der Waals surface area contributed by atoms with Crippen molar-refractivity contribution in [1.29, 1.82) is 0 Å². The molecular weight excluding hydrogens is 239 g/mol. The van der Waals surface area contributed by atoms with Crippen LogP contribution >= 0.6 is 22.6 Å². The Bertz CT molecular complexity index is 207. The van der Waals surface area contributed by atoms with Crippen LogP contribution < -0.4 is 0 Å². The van der Waals surface area contributed by atoms with Crippen LogP contribution in [-0.2, 0) is 0 Å². The van der Waals surface area contributed by atoms with E-state index >= 15 is 0 Å². The fourth-order valence-electron chi connectivity index (χ4n) is 0.677. The zero-order valence-corrected chi connectivity index (χ0v) is 8.29. The van der Waals surface area contributed by atoms with E-state index in [0.717, 1.165) is 9.99 Å². The summed E-state index contributed by atoms with van der Waals surface area (Å²) >= 11 is 2.21. The van der Waals surface area contributed by atoms with Gasteiger partial charge in [0.25, 0.3) is 0 Å². The topological polar surface area (TPSA) is 17.8 Å². The Kier molecular flexibility index (Phi) is 2.71. The quantitative estimate of drug-likeness (QED) is 0.735. The molecule has 0 N–H and O–H groups in total. The van der Waals surface area contributed by atoms with Gasteiger partial charge in [0, 0.05) is 6.04 Å². The van der Waals surface area contributed by atoms with Gasteiger partial charge in [-0.2, -0.15) is 5.10 Å². The van der Waals surface area contributed by atoms with E-state index in [0.29, 0.717) is 6.04 Å². The first kappa shape index (κ1) is 8.04. The summed E-state index contributed by atoms with van der Waals surface area (Å²) in [5.41, 5.74) is 0. The van der Waals surface area contributed by atoms with Crippen molar-refractivity contribution >= 4 is 22.6 Å². The first-order valence-corrected chi connectivity index (χ1v) is 4.44. The fourth-order valence-corrected chi connectivity index (χ4v) is 1.05. The molecule has 0 saturated heterocycles. The number of hydrogen-bond acceptors (Lipinski definition) is 1. The molecule has 1 radical (unpaired) electrons. The van der Waals surface area contributed by atoms with Crippen LogP contribution in [0.4, 0.5) is 0 Å². The maximum atomic E-state index is 4.14. The monoisotopic (exact) mass is 249 g/mol. The SMILES string of the molecule is CCC(C)n1[c]c(I)cn1. The predicted octanol–water partition coefficient (Wildman–Crippen LogP) is 2.26. The first-order chi connectivity index (χ1) is 4.74. The Morgan fingerprint density at radius 1 is 1.90 bits per heavy atom. The summed E-state index contributed by atoms with van der Waals surface area (Å²) in [6, 6.07) is 0.475. The number of hydrogen-bond donors (Lipinski definition) is 0. The van der Waals surface area contributed by atoms with Crippen molar-refractivity contribution < 1.29 is 0 Å². The minimum absolute atomic E-state index is 0.475. The highest BCUT2D eigenvalue weighted by Crippen LogP contribution is 2.09. The lowest BCUT2D eigenvalue weighted by molar-refractivity contribution is 0.475. The molecule has 2 nitrogen and oxygen atoms in total. The highest BCUT2D eigenvalue weighted by Gasteiger charge is 2.01. The third-order valence-electron chi connectivity index (χ3n) is 1.53. The number of aromatic nitrogens is 2. The third kappa shape index (κ3) is 1.71. The minimum atomic E-state index is 0.475. The summed E-state index contributed by atoms with van der Waals surface area (Å²) in [7, 11) is 0. The van der Waals surface area contributed by atoms with Gasteiger partial charge in [-0.15, -0.1) is 0 Å². The predicted molar refractivity (Wildman–Crippen MR) is 48.8 cm³/mol. The van der Waals surface area contributed by atoms with Crippen molar-refractivity contribution in [2.24, 2.45) is 0 Å². The standard InChI is InChI=1S/C7H10IN2/c1-3-6(2)10-5-7(8)4-9-10/h4,6H,3H2,1-2H3. The minimum Gasteiger partial charge on any atom is -0.259 e. The second-order valence-electron chi connectivity index (χ2n) is 2.31. The molecule has 10 heavy (non-hydrogen) atoms. The van der Waals surface area contributed by atoms with E-state index in [1.807, 2.05) is 10.9 Å². The van der Waals surface area contributed by atoms with Crippen molar-refractivity contribution in [1.82, 2.24) is 9.78 Å². The van der Waals surface area contributed by atoms with E-state index in [9.17, 15) is 0 Å². The lowest BCUT2D eigenvalue weighted by Gasteiger charge is -2.06. The largest absolute Gasteiger partial charge is 0.259 e. The summed E-state index contributed by atoms with van der Waals surface area (Å²) in [4.78, 5) is 0. The molecule has 1 unspecified atom stereocenters. The van der Waals surface area contributed by atoms with Gasteiger partial charge in [-0.1, -0.05) is 6.92 Å². The summed E-state index contributed by atoms with van der Waals surface area (Å²) < 4.78 is 2.96. The van der Waals surface area contributed by atoms with Crippen LogP contribution in [0.15, 0.2) is 6.20 Å². The van der Waals surface area contributed by atoms with Crippen LogP contribution in [0.2, 0.25) is 0 Å². The van der Waals surface area contributed by atoms with E-state index in [-0.39, 0.29) is 0 Å². The first-order valence-electron chi connectivity index (χ1n) is 3.36. The van der Waals surface area contributed by atoms with Crippen molar-refractivity contribution in [3.63, 3.8) is 0 Å². The van der Waals surface area contributed by atoms with Gasteiger partial charge in [-0.25, -0.2) is 0 Å². The molecule has 0 saturated carbocycles. The van der Waals surface area contributed by atoms with E-state index < -0.39 is 0 Å². The maximum absolute atomic E-state index is 4.14. The molecule has 1 rings (SSSR count). The van der Waals surface area contributed by atoms with Gasteiger partial charge in [-0.3, -0.25) is 4.68 Å². The molecule has 0 fully saturated rings. The average molecular weight is 249 g/mol. The molecule has 1 aromatic rings. The highest BCUT2D eigenvalue weighted by atomic mass is 127. The zero-order valence-electron chi connectivity index (χ0n) is 6.13. The Morgan fingerprint density at radius 3 is 3.00 bits per heavy atom. The zero-order chi connectivity index (χ0) is 7.56. The van der Waals surface area contributed by atoms with Gasteiger partial charge in [0.1, 0.15) is 6.20 Å². The number of halogens is 1. The summed E-state index contributed by atoms with van der Waals surface area (Å²) in [5.74, 6) is 0. The van der Waals surface area contributed by atoms with E-state index in [4.69, 9.17) is 0 Å². The Hall–Kier alpha value is -0.0600. The molecule has 0 aliphatic rings. The summed E-state index contributed by atoms with van der Waals surface area (Å²) in [6.45, 7) is 4.28. The van der Waals surface area contributed by atoms with Gasteiger partial charge in [0.05, 0.1) is 9.77 Å². The van der Waals surface area contributed by atoms with E-state index in [1.54, 1.807) is 0 Å². The van der Waals surface area contributed by atoms with Crippen molar-refractivity contribution in [2.45, 2.75) is 26.3 Å². The van der Waals surface area contributed by atoms with Gasteiger partial charge in [-0.05, 0) is 35.9 Å². The van der Waals surface area contributed by atoms with Crippen LogP contribution in [-0.4, -0.2) is 9.78 Å². The molecule has 0 aliphatic heterocycles. The third-order valence-corrected chi connectivity index (χ3v) is 2.04. The second kappa shape index (κ2) is 3.37. The molecule has 3 heteroatoms. The Balaban J connectivity index is 2.74. The molecule has 1 atom stereocenters. The molecule has 1 aromatic heterocycles. The summed E-state index contributed by atoms with van der Waals surface area (Å²) in [6.07, 6.45) is 6.05. The molecule has 0 spiro atoms. The average Bonchev–Trinajstić information content (AvgIpc) is 2.34. The van der Waals surface area contributed by atoms with Crippen LogP contribution in [0.25, 0.3) is 0 Å². The van der Waals surface area contributed by atoms with E-state index in [2.05, 4.69) is 47.7 Å².